The molecular weight excluding hydrogens is 498 g/mol. The van der Waals surface area contributed by atoms with Gasteiger partial charge in [-0.1, -0.05) is 69.6 Å². The van der Waals surface area contributed by atoms with Crippen LogP contribution >= 0.6 is 11.6 Å². The zero-order valence-electron chi connectivity index (χ0n) is 22.0. The van der Waals surface area contributed by atoms with Gasteiger partial charge in [-0.25, -0.2) is 8.42 Å². The zero-order chi connectivity index (χ0) is 27.0. The average molecular weight is 536 g/mol. The Morgan fingerprint density at radius 1 is 0.972 bits per heavy atom. The summed E-state index contributed by atoms with van der Waals surface area (Å²) in [5.41, 5.74) is 2.13. The third kappa shape index (κ3) is 7.96. The van der Waals surface area contributed by atoms with Gasteiger partial charge in [0.15, 0.2) is 0 Å². The Morgan fingerprint density at radius 3 is 2.08 bits per heavy atom. The molecule has 36 heavy (non-hydrogen) atoms. The molecule has 0 unspecified atom stereocenters. The van der Waals surface area contributed by atoms with Gasteiger partial charge in [0, 0.05) is 17.6 Å². The van der Waals surface area contributed by atoms with E-state index in [0.29, 0.717) is 22.7 Å². The van der Waals surface area contributed by atoms with Gasteiger partial charge < -0.3 is 10.2 Å². The molecule has 2 aromatic carbocycles. The Balaban J connectivity index is 2.45. The highest BCUT2D eigenvalue weighted by atomic mass is 35.5. The fourth-order valence-corrected chi connectivity index (χ4v) is 4.86. The van der Waals surface area contributed by atoms with Crippen LogP contribution in [-0.2, 0) is 26.2 Å². The molecule has 2 amide bonds. The number of anilines is 1. The van der Waals surface area contributed by atoms with Gasteiger partial charge in [0.05, 0.1) is 11.9 Å². The summed E-state index contributed by atoms with van der Waals surface area (Å²) >= 11 is 6.38. The molecular formula is C27H38ClN3O4S. The molecule has 1 N–H and O–H groups in total. The monoisotopic (exact) mass is 535 g/mol. The Kier molecular flexibility index (Phi) is 10.8. The zero-order valence-corrected chi connectivity index (χ0v) is 23.6. The van der Waals surface area contributed by atoms with Crippen LogP contribution in [0.15, 0.2) is 48.5 Å². The first-order valence-electron chi connectivity index (χ1n) is 12.3. The van der Waals surface area contributed by atoms with Crippen molar-refractivity contribution >= 4 is 39.1 Å². The lowest BCUT2D eigenvalue weighted by molar-refractivity contribution is -0.140. The molecule has 0 aliphatic carbocycles. The predicted molar refractivity (Wildman–Crippen MR) is 147 cm³/mol. The van der Waals surface area contributed by atoms with E-state index in [1.165, 1.54) is 4.90 Å². The summed E-state index contributed by atoms with van der Waals surface area (Å²) in [5.74, 6) is -0.480. The summed E-state index contributed by atoms with van der Waals surface area (Å²) in [6.07, 6.45) is 2.18. The number of nitrogens with one attached hydrogen (secondary N) is 1. The van der Waals surface area contributed by atoms with Crippen LogP contribution in [0.1, 0.15) is 64.5 Å². The minimum Gasteiger partial charge on any atom is -0.352 e. The first kappa shape index (κ1) is 29.6. The maximum absolute atomic E-state index is 13.7. The van der Waals surface area contributed by atoms with E-state index in [1.54, 1.807) is 30.3 Å². The van der Waals surface area contributed by atoms with Crippen LogP contribution in [0.2, 0.25) is 5.02 Å². The molecule has 7 nitrogen and oxygen atoms in total. The standard InChI is InChI=1S/C27H38ClN3O4S/c1-7-20(5)29-27(33)25(8-2)30(17-22-11-9-10-12-24(22)28)26(32)18-31(36(6,34)35)23-15-13-21(14-16-23)19(3)4/h9-16,19-20,25H,7-8,17-18H2,1-6H3,(H,29,33)/t20-,25+/m0/s1. The molecule has 2 aromatic rings. The summed E-state index contributed by atoms with van der Waals surface area (Å²) in [6.45, 7) is 9.44. The maximum atomic E-state index is 13.7. The maximum Gasteiger partial charge on any atom is 0.244 e. The molecule has 198 valence electrons. The molecule has 0 aliphatic rings. The Bertz CT molecular complexity index is 1140. The number of halogens is 1. The second-order valence-electron chi connectivity index (χ2n) is 9.37. The Hall–Kier alpha value is -2.58. The summed E-state index contributed by atoms with van der Waals surface area (Å²) in [6, 6.07) is 13.4. The van der Waals surface area contributed by atoms with Crippen LogP contribution in [0.4, 0.5) is 5.69 Å². The van der Waals surface area contributed by atoms with Crippen molar-refractivity contribution in [3.8, 4) is 0 Å². The first-order valence-corrected chi connectivity index (χ1v) is 14.5. The number of carbonyl (C=O) groups is 2. The summed E-state index contributed by atoms with van der Waals surface area (Å²) in [4.78, 5) is 28.3. The highest BCUT2D eigenvalue weighted by Gasteiger charge is 2.32. The number of rotatable bonds is 12. The fraction of sp³-hybridized carbons (Fsp3) is 0.481. The number of nitrogens with zero attached hydrogens (tertiary/aromatic N) is 2. The molecule has 0 aliphatic heterocycles. The average Bonchev–Trinajstić information content (AvgIpc) is 2.82. The van der Waals surface area contributed by atoms with Crippen LogP contribution in [0.5, 0.6) is 0 Å². The molecule has 0 saturated carbocycles. The van der Waals surface area contributed by atoms with E-state index < -0.39 is 28.5 Å². The van der Waals surface area contributed by atoms with Gasteiger partial charge in [-0.05, 0) is 55.0 Å². The van der Waals surface area contributed by atoms with Crippen molar-refractivity contribution in [3.05, 3.63) is 64.7 Å². The molecule has 0 aromatic heterocycles. The smallest absolute Gasteiger partial charge is 0.244 e. The van der Waals surface area contributed by atoms with E-state index in [4.69, 9.17) is 11.6 Å². The predicted octanol–water partition coefficient (Wildman–Crippen LogP) is 4.95. The molecule has 0 saturated heterocycles. The van der Waals surface area contributed by atoms with Gasteiger partial charge in [0.2, 0.25) is 21.8 Å². The van der Waals surface area contributed by atoms with Gasteiger partial charge in [-0.2, -0.15) is 0 Å². The molecule has 2 rings (SSSR count). The van der Waals surface area contributed by atoms with Crippen LogP contribution in [-0.4, -0.2) is 50.0 Å². The normalized spacial score (nSPS) is 13.2. The van der Waals surface area contributed by atoms with Crippen molar-refractivity contribution < 1.29 is 18.0 Å². The lowest BCUT2D eigenvalue weighted by Gasteiger charge is -2.33. The number of carbonyl (C=O) groups excluding carboxylic acids is 2. The molecule has 0 spiro atoms. The topological polar surface area (TPSA) is 86.8 Å². The van der Waals surface area contributed by atoms with Crippen LogP contribution in [0.25, 0.3) is 0 Å². The summed E-state index contributed by atoms with van der Waals surface area (Å²) in [5, 5.41) is 3.42. The number of sulfonamides is 1. The molecule has 2 atom stereocenters. The van der Waals surface area contributed by atoms with Gasteiger partial charge in [0.25, 0.3) is 0 Å². The van der Waals surface area contributed by atoms with Crippen LogP contribution in [0, 0.1) is 0 Å². The highest BCUT2D eigenvalue weighted by molar-refractivity contribution is 7.92. The SMILES string of the molecule is CC[C@H](C(=O)N[C@@H](C)CC)N(Cc1ccccc1Cl)C(=O)CN(c1ccc(C(C)C)cc1)S(C)(=O)=O. The first-order chi connectivity index (χ1) is 16.9. The van der Waals surface area contributed by atoms with Gasteiger partial charge >= 0.3 is 0 Å². The number of amides is 2. The molecule has 0 heterocycles. The van der Waals surface area contributed by atoms with Crippen molar-refractivity contribution in [1.29, 1.82) is 0 Å². The third-order valence-electron chi connectivity index (χ3n) is 6.21. The van der Waals surface area contributed by atoms with Crippen molar-refractivity contribution in [2.45, 2.75) is 72.0 Å². The van der Waals surface area contributed by atoms with Crippen molar-refractivity contribution in [3.63, 3.8) is 0 Å². The molecule has 0 bridgehead atoms. The minimum absolute atomic E-state index is 0.0594. The van der Waals surface area contributed by atoms with Crippen LogP contribution < -0.4 is 9.62 Å². The number of benzene rings is 2. The summed E-state index contributed by atoms with van der Waals surface area (Å²) in [7, 11) is -3.78. The van der Waals surface area contributed by atoms with E-state index in [9.17, 15) is 18.0 Å². The minimum atomic E-state index is -3.78. The van der Waals surface area contributed by atoms with Crippen molar-refractivity contribution in [2.24, 2.45) is 0 Å². The number of hydrogen-bond donors (Lipinski definition) is 1. The Morgan fingerprint density at radius 2 is 1.58 bits per heavy atom. The quantitative estimate of drug-likeness (QED) is 0.416. The summed E-state index contributed by atoms with van der Waals surface area (Å²) < 4.78 is 26.5. The second-order valence-corrected chi connectivity index (χ2v) is 11.7. The van der Waals surface area contributed by atoms with Gasteiger partial charge in [-0.15, -0.1) is 0 Å². The lowest BCUT2D eigenvalue weighted by atomic mass is 10.0. The number of hydrogen-bond acceptors (Lipinski definition) is 4. The van der Waals surface area contributed by atoms with E-state index in [0.717, 1.165) is 22.5 Å². The van der Waals surface area contributed by atoms with Gasteiger partial charge in [0.1, 0.15) is 12.6 Å². The molecule has 0 fully saturated rings. The molecule has 9 heteroatoms. The largest absolute Gasteiger partial charge is 0.352 e. The van der Waals surface area contributed by atoms with Crippen LogP contribution in [0.3, 0.4) is 0 Å². The van der Waals surface area contributed by atoms with E-state index in [-0.39, 0.29) is 24.4 Å². The van der Waals surface area contributed by atoms with Gasteiger partial charge in [-0.3, -0.25) is 13.9 Å². The second kappa shape index (κ2) is 13.1. The van der Waals surface area contributed by atoms with E-state index in [1.807, 2.05) is 39.0 Å². The van der Waals surface area contributed by atoms with Crippen molar-refractivity contribution in [1.82, 2.24) is 10.2 Å². The van der Waals surface area contributed by atoms with E-state index in [2.05, 4.69) is 19.2 Å². The Labute approximate surface area is 220 Å². The van der Waals surface area contributed by atoms with E-state index >= 15 is 0 Å². The lowest BCUT2D eigenvalue weighted by Crippen LogP contribution is -2.53. The van der Waals surface area contributed by atoms with Crippen molar-refractivity contribution in [2.75, 3.05) is 17.1 Å². The fourth-order valence-electron chi connectivity index (χ4n) is 3.81. The molecule has 0 radical (unpaired) electrons. The third-order valence-corrected chi connectivity index (χ3v) is 7.72. The highest BCUT2D eigenvalue weighted by Crippen LogP contribution is 2.24.